The van der Waals surface area contributed by atoms with Crippen LogP contribution in [0.3, 0.4) is 0 Å². The van der Waals surface area contributed by atoms with Gasteiger partial charge in [-0.25, -0.2) is 4.79 Å². The van der Waals surface area contributed by atoms with Crippen LogP contribution in [0.2, 0.25) is 0 Å². The van der Waals surface area contributed by atoms with E-state index in [9.17, 15) is 9.59 Å². The van der Waals surface area contributed by atoms with Crippen LogP contribution in [0.15, 0.2) is 67.8 Å². The third kappa shape index (κ3) is 7.31. The van der Waals surface area contributed by atoms with Gasteiger partial charge in [0.2, 0.25) is 0 Å². The van der Waals surface area contributed by atoms with Crippen LogP contribution in [0, 0.1) is 0 Å². The van der Waals surface area contributed by atoms with Crippen molar-refractivity contribution in [2.75, 3.05) is 13.7 Å². The molecule has 2 atom stereocenters. The molecule has 2 unspecified atom stereocenters. The maximum Gasteiger partial charge on any atom is 0.333 e. The van der Waals surface area contributed by atoms with Crippen LogP contribution in [0.4, 0.5) is 0 Å². The first-order chi connectivity index (χ1) is 12.0. The average Bonchev–Trinajstić information content (AvgIpc) is 2.66. The van der Waals surface area contributed by atoms with Gasteiger partial charge >= 0.3 is 5.97 Å². The molecule has 0 bridgehead atoms. The van der Waals surface area contributed by atoms with Crippen molar-refractivity contribution < 1.29 is 19.1 Å². The standard InChI is InChI=1S/C19H22O4.C2H6/c1-5-12-23-17(6-2)18(15-10-8-7-9-11-15)16(20)13-14(3)19(21)22-4;1-2/h5-11,17-18H,1-3,12-13H2,4H3;1-2H3. The second-order valence-corrected chi connectivity index (χ2v) is 4.95. The molecular formula is C21H28O4. The highest BCUT2D eigenvalue weighted by Crippen LogP contribution is 2.26. The van der Waals surface area contributed by atoms with Crippen molar-refractivity contribution in [3.8, 4) is 0 Å². The number of carbonyl (C=O) groups excluding carboxylic acids is 2. The Morgan fingerprint density at radius 1 is 1.16 bits per heavy atom. The summed E-state index contributed by atoms with van der Waals surface area (Å²) in [5.41, 5.74) is 0.911. The lowest BCUT2D eigenvalue weighted by Crippen LogP contribution is -2.28. The molecule has 0 radical (unpaired) electrons. The zero-order valence-electron chi connectivity index (χ0n) is 15.4. The molecule has 4 heteroatoms. The van der Waals surface area contributed by atoms with Crippen molar-refractivity contribution in [2.45, 2.75) is 32.3 Å². The molecule has 4 nitrogen and oxygen atoms in total. The molecule has 1 aromatic carbocycles. The van der Waals surface area contributed by atoms with Crippen LogP contribution in [0.25, 0.3) is 0 Å². The van der Waals surface area contributed by atoms with Gasteiger partial charge in [0.15, 0.2) is 0 Å². The molecule has 0 heterocycles. The SMILES string of the molecule is C=CCOC(C=C)C(C(=O)CC(=C)C(=O)OC)c1ccccc1.CC. The smallest absolute Gasteiger partial charge is 0.333 e. The number of hydrogen-bond acceptors (Lipinski definition) is 4. The van der Waals surface area contributed by atoms with E-state index in [1.807, 2.05) is 44.2 Å². The highest BCUT2D eigenvalue weighted by atomic mass is 16.5. The Kier molecular flexibility index (Phi) is 11.6. The van der Waals surface area contributed by atoms with Crippen LogP contribution in [0.5, 0.6) is 0 Å². The number of hydrogen-bond donors (Lipinski definition) is 0. The van der Waals surface area contributed by atoms with Crippen molar-refractivity contribution in [3.05, 3.63) is 73.4 Å². The molecule has 0 aliphatic heterocycles. The number of carbonyl (C=O) groups is 2. The fourth-order valence-corrected chi connectivity index (χ4v) is 2.24. The number of Topliss-reactive ketones (excluding diaryl/α,β-unsaturated/α-hetero) is 1. The minimum Gasteiger partial charge on any atom is -0.466 e. The first-order valence-electron chi connectivity index (χ1n) is 8.24. The summed E-state index contributed by atoms with van der Waals surface area (Å²) in [5, 5.41) is 0. The van der Waals surface area contributed by atoms with Gasteiger partial charge in [-0.3, -0.25) is 4.79 Å². The molecule has 1 rings (SSSR count). The first-order valence-corrected chi connectivity index (χ1v) is 8.24. The molecule has 0 aliphatic carbocycles. The maximum absolute atomic E-state index is 12.7. The molecule has 136 valence electrons. The molecule has 0 aromatic heterocycles. The number of ether oxygens (including phenoxy) is 2. The second-order valence-electron chi connectivity index (χ2n) is 4.95. The Bertz CT molecular complexity index is 575. The summed E-state index contributed by atoms with van der Waals surface area (Å²) in [7, 11) is 1.26. The monoisotopic (exact) mass is 344 g/mol. The molecule has 0 aliphatic rings. The summed E-state index contributed by atoms with van der Waals surface area (Å²) < 4.78 is 10.2. The van der Waals surface area contributed by atoms with E-state index < -0.39 is 18.0 Å². The number of ketones is 1. The highest BCUT2D eigenvalue weighted by molar-refractivity contribution is 5.98. The normalized spacial score (nSPS) is 12.0. The van der Waals surface area contributed by atoms with Gasteiger partial charge in [0.25, 0.3) is 0 Å². The van der Waals surface area contributed by atoms with E-state index >= 15 is 0 Å². The summed E-state index contributed by atoms with van der Waals surface area (Å²) in [6, 6.07) is 9.25. The minimum absolute atomic E-state index is 0.103. The number of esters is 1. The van der Waals surface area contributed by atoms with Gasteiger partial charge in [0.1, 0.15) is 5.78 Å². The van der Waals surface area contributed by atoms with Gasteiger partial charge in [0, 0.05) is 12.0 Å². The van der Waals surface area contributed by atoms with E-state index in [0.29, 0.717) is 6.61 Å². The lowest BCUT2D eigenvalue weighted by Gasteiger charge is -2.24. The Morgan fingerprint density at radius 3 is 2.24 bits per heavy atom. The van der Waals surface area contributed by atoms with Gasteiger partial charge < -0.3 is 9.47 Å². The summed E-state index contributed by atoms with van der Waals surface area (Å²) in [6.07, 6.45) is 2.57. The summed E-state index contributed by atoms with van der Waals surface area (Å²) in [4.78, 5) is 24.2. The Morgan fingerprint density at radius 2 is 1.76 bits per heavy atom. The molecule has 0 fully saturated rings. The Hall–Kier alpha value is -2.46. The second kappa shape index (κ2) is 12.9. The fourth-order valence-electron chi connectivity index (χ4n) is 2.24. The van der Waals surface area contributed by atoms with Crippen LogP contribution < -0.4 is 0 Å². The topological polar surface area (TPSA) is 52.6 Å². The summed E-state index contributed by atoms with van der Waals surface area (Å²) in [5.74, 6) is -1.34. The average molecular weight is 344 g/mol. The van der Waals surface area contributed by atoms with E-state index in [1.54, 1.807) is 12.2 Å². The number of benzene rings is 1. The Labute approximate surface area is 150 Å². The van der Waals surface area contributed by atoms with Crippen molar-refractivity contribution in [2.24, 2.45) is 0 Å². The lowest BCUT2D eigenvalue weighted by molar-refractivity contribution is -0.137. The van der Waals surface area contributed by atoms with Crippen LogP contribution in [-0.2, 0) is 19.1 Å². The minimum atomic E-state index is -0.590. The predicted molar refractivity (Wildman–Crippen MR) is 101 cm³/mol. The fraction of sp³-hybridized carbons (Fsp3) is 0.333. The third-order valence-electron chi connectivity index (χ3n) is 3.33. The molecule has 0 N–H and O–H groups in total. The van der Waals surface area contributed by atoms with Gasteiger partial charge in [-0.05, 0) is 5.56 Å². The maximum atomic E-state index is 12.7. The van der Waals surface area contributed by atoms with E-state index in [4.69, 9.17) is 4.74 Å². The first kappa shape index (κ1) is 22.5. The van der Waals surface area contributed by atoms with Gasteiger partial charge in [0.05, 0.1) is 25.7 Å². The van der Waals surface area contributed by atoms with E-state index in [2.05, 4.69) is 24.5 Å². The molecule has 0 amide bonds. The molecular weight excluding hydrogens is 316 g/mol. The zero-order chi connectivity index (χ0) is 19.2. The van der Waals surface area contributed by atoms with Gasteiger partial charge in [-0.15, -0.1) is 13.2 Å². The van der Waals surface area contributed by atoms with Crippen molar-refractivity contribution in [1.29, 1.82) is 0 Å². The number of methoxy groups -OCH3 is 1. The van der Waals surface area contributed by atoms with Crippen molar-refractivity contribution >= 4 is 11.8 Å². The predicted octanol–water partition coefficient (Wildman–Crippen LogP) is 4.24. The largest absolute Gasteiger partial charge is 0.466 e. The van der Waals surface area contributed by atoms with Gasteiger partial charge in [-0.1, -0.05) is 62.9 Å². The molecule has 25 heavy (non-hydrogen) atoms. The van der Waals surface area contributed by atoms with Crippen LogP contribution >= 0.6 is 0 Å². The van der Waals surface area contributed by atoms with Crippen molar-refractivity contribution in [3.63, 3.8) is 0 Å². The van der Waals surface area contributed by atoms with Crippen LogP contribution in [-0.4, -0.2) is 31.6 Å². The quantitative estimate of drug-likeness (QED) is 0.362. The Balaban J connectivity index is 0.00000277. The van der Waals surface area contributed by atoms with Crippen LogP contribution in [0.1, 0.15) is 31.7 Å². The number of rotatable bonds is 10. The van der Waals surface area contributed by atoms with E-state index in [-0.39, 0.29) is 17.8 Å². The van der Waals surface area contributed by atoms with Gasteiger partial charge in [-0.2, -0.15) is 0 Å². The van der Waals surface area contributed by atoms with Crippen molar-refractivity contribution in [1.82, 2.24) is 0 Å². The lowest BCUT2D eigenvalue weighted by atomic mass is 9.86. The molecule has 1 aromatic rings. The van der Waals surface area contributed by atoms with E-state index in [0.717, 1.165) is 5.56 Å². The zero-order valence-corrected chi connectivity index (χ0v) is 15.4. The molecule has 0 saturated heterocycles. The molecule has 0 spiro atoms. The highest BCUT2D eigenvalue weighted by Gasteiger charge is 2.29. The summed E-state index contributed by atoms with van der Waals surface area (Å²) in [6.45, 7) is 15.3. The third-order valence-corrected chi connectivity index (χ3v) is 3.33. The summed E-state index contributed by atoms with van der Waals surface area (Å²) >= 11 is 0. The van der Waals surface area contributed by atoms with E-state index in [1.165, 1.54) is 7.11 Å². The molecule has 0 saturated carbocycles.